The van der Waals surface area contributed by atoms with Gasteiger partial charge in [-0.2, -0.15) is 0 Å². The molecule has 114 valence electrons. The third kappa shape index (κ3) is 6.17. The lowest BCUT2D eigenvalue weighted by Gasteiger charge is -2.16. The van der Waals surface area contributed by atoms with Gasteiger partial charge >= 0.3 is 0 Å². The zero-order chi connectivity index (χ0) is 15.1. The van der Waals surface area contributed by atoms with E-state index >= 15 is 0 Å². The van der Waals surface area contributed by atoms with E-state index in [-0.39, 0.29) is 11.8 Å². The number of aromatic nitrogens is 3. The van der Waals surface area contributed by atoms with Crippen LogP contribution in [-0.2, 0) is 17.9 Å². The summed E-state index contributed by atoms with van der Waals surface area (Å²) in [6.45, 7) is 10.3. The predicted molar refractivity (Wildman–Crippen MR) is 87.2 cm³/mol. The van der Waals surface area contributed by atoms with Gasteiger partial charge in [0.1, 0.15) is 0 Å². The molecule has 0 fully saturated rings. The predicted octanol–water partition coefficient (Wildman–Crippen LogP) is 2.00. The minimum absolute atomic E-state index is 0.0404. The Balaban J connectivity index is 2.29. The molecule has 0 atom stereocenters. The van der Waals surface area contributed by atoms with Gasteiger partial charge in [-0.3, -0.25) is 9.48 Å². The Morgan fingerprint density at radius 2 is 2.15 bits per heavy atom. The van der Waals surface area contributed by atoms with Gasteiger partial charge in [-0.1, -0.05) is 19.1 Å². The van der Waals surface area contributed by atoms with E-state index in [2.05, 4.69) is 55.5 Å². The second-order valence-corrected chi connectivity index (χ2v) is 6.66. The van der Waals surface area contributed by atoms with Crippen molar-refractivity contribution in [3.63, 3.8) is 0 Å². The van der Waals surface area contributed by atoms with E-state index in [4.69, 9.17) is 0 Å². The Hall–Kier alpha value is -0.700. The number of hydrogen-bond acceptors (Lipinski definition) is 4. The van der Waals surface area contributed by atoms with Crippen molar-refractivity contribution in [3.8, 4) is 0 Å². The minimum Gasteiger partial charge on any atom is -0.356 e. The summed E-state index contributed by atoms with van der Waals surface area (Å²) >= 11 is 2.30. The monoisotopic (exact) mass is 393 g/mol. The Morgan fingerprint density at radius 1 is 1.45 bits per heavy atom. The van der Waals surface area contributed by atoms with Crippen molar-refractivity contribution in [2.75, 3.05) is 6.54 Å². The van der Waals surface area contributed by atoms with Gasteiger partial charge in [0.2, 0.25) is 5.91 Å². The molecule has 0 aliphatic carbocycles. The summed E-state index contributed by atoms with van der Waals surface area (Å²) in [5, 5.41) is 11.2. The fourth-order valence-corrected chi connectivity index (χ4v) is 1.86. The number of carbonyl (C=O) groups is 1. The van der Waals surface area contributed by atoms with Gasteiger partial charge in [0.05, 0.1) is 12.2 Å². The fourth-order valence-electron chi connectivity index (χ4n) is 1.51. The molecule has 0 aromatic carbocycles. The quantitative estimate of drug-likeness (QED) is 0.417. The molecule has 0 spiro atoms. The molecule has 0 saturated heterocycles. The van der Waals surface area contributed by atoms with Crippen LogP contribution in [0.3, 0.4) is 0 Å². The van der Waals surface area contributed by atoms with E-state index in [1.807, 2.05) is 24.7 Å². The third-order valence-corrected chi connectivity index (χ3v) is 4.30. The van der Waals surface area contributed by atoms with Gasteiger partial charge in [-0.15, -0.1) is 5.10 Å². The summed E-state index contributed by atoms with van der Waals surface area (Å²) in [6.07, 6.45) is 2.83. The molecular formula is C13H24IN5O. The van der Waals surface area contributed by atoms with Crippen LogP contribution in [0.5, 0.6) is 0 Å². The van der Waals surface area contributed by atoms with Crippen LogP contribution in [0.25, 0.3) is 0 Å². The van der Waals surface area contributed by atoms with E-state index < -0.39 is 0 Å². The first-order valence-electron chi connectivity index (χ1n) is 6.99. The van der Waals surface area contributed by atoms with Crippen molar-refractivity contribution in [2.24, 2.45) is 5.92 Å². The van der Waals surface area contributed by atoms with Crippen LogP contribution in [0.4, 0.5) is 0 Å². The Kier molecular flexibility index (Phi) is 7.42. The third-order valence-electron chi connectivity index (χ3n) is 2.85. The van der Waals surface area contributed by atoms with Crippen LogP contribution in [0.2, 0.25) is 0 Å². The molecule has 0 radical (unpaired) electrons. The first-order valence-corrected chi connectivity index (χ1v) is 7.95. The Bertz CT molecular complexity index is 419. The second kappa shape index (κ2) is 8.56. The highest BCUT2D eigenvalue weighted by atomic mass is 127. The maximum atomic E-state index is 11.4. The largest absolute Gasteiger partial charge is 0.356 e. The summed E-state index contributed by atoms with van der Waals surface area (Å²) in [7, 11) is 0. The minimum atomic E-state index is 0.0404. The van der Waals surface area contributed by atoms with Gasteiger partial charge in [-0.05, 0) is 20.3 Å². The van der Waals surface area contributed by atoms with Gasteiger partial charge in [0.25, 0.3) is 0 Å². The molecule has 0 aliphatic rings. The highest BCUT2D eigenvalue weighted by Crippen LogP contribution is 2.10. The lowest BCUT2D eigenvalue weighted by molar-refractivity contribution is -0.123. The number of nitrogens with zero attached hydrogens (tertiary/aromatic N) is 4. The van der Waals surface area contributed by atoms with Crippen molar-refractivity contribution in [1.82, 2.24) is 23.4 Å². The zero-order valence-corrected chi connectivity index (χ0v) is 14.8. The van der Waals surface area contributed by atoms with Crippen LogP contribution in [0.1, 0.15) is 39.8 Å². The van der Waals surface area contributed by atoms with Crippen molar-refractivity contribution in [3.05, 3.63) is 11.9 Å². The molecular weight excluding hydrogens is 369 g/mol. The molecule has 20 heavy (non-hydrogen) atoms. The average molecular weight is 393 g/mol. The average Bonchev–Trinajstić information content (AvgIpc) is 2.81. The van der Waals surface area contributed by atoms with Crippen molar-refractivity contribution < 1.29 is 4.79 Å². The number of nitrogens with one attached hydrogen (secondary N) is 1. The molecule has 1 heterocycles. The van der Waals surface area contributed by atoms with E-state index in [0.29, 0.717) is 12.6 Å². The second-order valence-electron chi connectivity index (χ2n) is 5.42. The Morgan fingerprint density at radius 3 is 2.75 bits per heavy atom. The zero-order valence-electron chi connectivity index (χ0n) is 12.6. The molecule has 7 heteroatoms. The highest BCUT2D eigenvalue weighted by Gasteiger charge is 2.09. The molecule has 1 N–H and O–H groups in total. The number of halogens is 1. The van der Waals surface area contributed by atoms with Crippen LogP contribution in [0, 0.1) is 5.92 Å². The fraction of sp³-hybridized carbons (Fsp3) is 0.769. The number of hydrogen-bond donors (Lipinski definition) is 1. The molecule has 1 aromatic rings. The molecule has 0 unspecified atom stereocenters. The number of carbonyl (C=O) groups excluding carboxylic acids is 1. The van der Waals surface area contributed by atoms with E-state index in [9.17, 15) is 4.79 Å². The van der Waals surface area contributed by atoms with Gasteiger partial charge in [0, 0.05) is 54.1 Å². The molecule has 1 amide bonds. The summed E-state index contributed by atoms with van der Waals surface area (Å²) < 4.78 is 4.02. The van der Waals surface area contributed by atoms with E-state index in [1.54, 1.807) is 0 Å². The lowest BCUT2D eigenvalue weighted by atomic mass is 10.2. The Labute approximate surface area is 134 Å². The van der Waals surface area contributed by atoms with Crippen LogP contribution >= 0.6 is 22.9 Å². The van der Waals surface area contributed by atoms with Crippen LogP contribution < -0.4 is 5.32 Å². The lowest BCUT2D eigenvalue weighted by Crippen LogP contribution is -2.29. The van der Waals surface area contributed by atoms with Crippen molar-refractivity contribution in [2.45, 2.75) is 53.2 Å². The SMILES string of the molecule is CC(C)C(=O)NCCCn1cc(CN(I)C(C)C)nn1. The summed E-state index contributed by atoms with van der Waals surface area (Å²) in [4.78, 5) is 11.4. The van der Waals surface area contributed by atoms with Crippen LogP contribution in [0.15, 0.2) is 6.20 Å². The first-order chi connectivity index (χ1) is 9.40. The highest BCUT2D eigenvalue weighted by molar-refractivity contribution is 14.1. The van der Waals surface area contributed by atoms with E-state index in [0.717, 1.165) is 25.2 Å². The van der Waals surface area contributed by atoms with Crippen molar-refractivity contribution >= 4 is 28.8 Å². The maximum Gasteiger partial charge on any atom is 0.222 e. The first kappa shape index (κ1) is 17.4. The molecule has 1 aromatic heterocycles. The van der Waals surface area contributed by atoms with Gasteiger partial charge in [0.15, 0.2) is 0 Å². The summed E-state index contributed by atoms with van der Waals surface area (Å²) in [6, 6.07) is 0.479. The topological polar surface area (TPSA) is 63.1 Å². The molecule has 0 aliphatic heterocycles. The number of rotatable bonds is 8. The normalized spacial score (nSPS) is 11.6. The molecule has 1 rings (SSSR count). The standard InChI is InChI=1S/C13H24IN5O/c1-10(2)13(20)15-6-5-7-18-8-12(16-17-18)9-19(14)11(3)4/h8,10-11H,5-7,9H2,1-4H3,(H,15,20). The van der Waals surface area contributed by atoms with Crippen LogP contribution in [-0.4, -0.2) is 36.6 Å². The molecule has 6 nitrogen and oxygen atoms in total. The maximum absolute atomic E-state index is 11.4. The van der Waals surface area contributed by atoms with Gasteiger partial charge in [-0.25, -0.2) is 3.11 Å². The smallest absolute Gasteiger partial charge is 0.222 e. The van der Waals surface area contributed by atoms with Gasteiger partial charge < -0.3 is 5.32 Å². The number of aryl methyl sites for hydroxylation is 1. The molecule has 0 bridgehead atoms. The molecule has 0 saturated carbocycles. The van der Waals surface area contributed by atoms with Crippen molar-refractivity contribution in [1.29, 1.82) is 0 Å². The number of amides is 1. The van der Waals surface area contributed by atoms with E-state index in [1.165, 1.54) is 0 Å². The summed E-state index contributed by atoms with van der Waals surface area (Å²) in [5.74, 6) is 0.139. The summed E-state index contributed by atoms with van der Waals surface area (Å²) in [5.41, 5.74) is 0.972.